The molecule has 80 valence electrons. The highest BCUT2D eigenvalue weighted by Crippen LogP contribution is 2.37. The van der Waals surface area contributed by atoms with Crippen molar-refractivity contribution in [1.82, 2.24) is 5.32 Å². The molecular weight excluding hydrogens is 196 g/mol. The molecule has 1 aromatic carbocycles. The van der Waals surface area contributed by atoms with Gasteiger partial charge in [-0.2, -0.15) is 0 Å². The van der Waals surface area contributed by atoms with Crippen LogP contribution in [0.4, 0.5) is 8.78 Å². The van der Waals surface area contributed by atoms with Gasteiger partial charge in [-0.05, 0) is 54.5 Å². The molecule has 0 aromatic heterocycles. The van der Waals surface area contributed by atoms with Crippen LogP contribution < -0.4 is 5.32 Å². The number of fused-ring (bicyclic) bond motifs is 4. The zero-order chi connectivity index (χ0) is 10.4. The lowest BCUT2D eigenvalue weighted by Gasteiger charge is -2.36. The third-order valence-corrected chi connectivity index (χ3v) is 3.57. The molecule has 15 heavy (non-hydrogen) atoms. The highest BCUT2D eigenvalue weighted by atomic mass is 19.2. The van der Waals surface area contributed by atoms with E-state index in [-0.39, 0.29) is 0 Å². The maximum absolute atomic E-state index is 13.1. The van der Waals surface area contributed by atoms with E-state index in [0.29, 0.717) is 11.8 Å². The summed E-state index contributed by atoms with van der Waals surface area (Å²) in [5.41, 5.74) is 2.02. The van der Waals surface area contributed by atoms with Gasteiger partial charge >= 0.3 is 0 Å². The molecule has 1 nitrogen and oxygen atoms in total. The molecule has 3 rings (SSSR count). The van der Waals surface area contributed by atoms with Crippen LogP contribution in [-0.4, -0.2) is 13.1 Å². The van der Waals surface area contributed by atoms with Crippen LogP contribution in [0.3, 0.4) is 0 Å². The van der Waals surface area contributed by atoms with Gasteiger partial charge in [0.1, 0.15) is 0 Å². The highest BCUT2D eigenvalue weighted by Gasteiger charge is 2.31. The molecule has 2 bridgehead atoms. The van der Waals surface area contributed by atoms with E-state index in [4.69, 9.17) is 0 Å². The van der Waals surface area contributed by atoms with Gasteiger partial charge in [0.05, 0.1) is 0 Å². The van der Waals surface area contributed by atoms with Crippen molar-refractivity contribution < 1.29 is 8.78 Å². The first kappa shape index (κ1) is 9.28. The Balaban J connectivity index is 2.09. The van der Waals surface area contributed by atoms with Gasteiger partial charge in [-0.25, -0.2) is 8.78 Å². The normalized spacial score (nSPS) is 28.7. The predicted molar refractivity (Wildman–Crippen MR) is 53.8 cm³/mol. The first-order valence-electron chi connectivity index (χ1n) is 5.42. The van der Waals surface area contributed by atoms with E-state index in [1.165, 1.54) is 12.1 Å². The Morgan fingerprint density at radius 3 is 2.80 bits per heavy atom. The topological polar surface area (TPSA) is 12.0 Å². The van der Waals surface area contributed by atoms with E-state index in [0.717, 1.165) is 37.1 Å². The summed E-state index contributed by atoms with van der Waals surface area (Å²) in [5.74, 6) is -0.442. The van der Waals surface area contributed by atoms with Crippen molar-refractivity contribution in [1.29, 1.82) is 0 Å². The van der Waals surface area contributed by atoms with Gasteiger partial charge in [0.25, 0.3) is 0 Å². The van der Waals surface area contributed by atoms with E-state index in [1.54, 1.807) is 0 Å². The van der Waals surface area contributed by atoms with E-state index >= 15 is 0 Å². The fraction of sp³-hybridized carbons (Fsp3) is 0.500. The number of rotatable bonds is 0. The minimum Gasteiger partial charge on any atom is -0.316 e. The van der Waals surface area contributed by atoms with Crippen molar-refractivity contribution >= 4 is 0 Å². The molecule has 1 aliphatic heterocycles. The number of nitrogens with one attached hydrogen (secondary N) is 1. The van der Waals surface area contributed by atoms with Crippen LogP contribution in [0, 0.1) is 17.6 Å². The van der Waals surface area contributed by atoms with Crippen molar-refractivity contribution in [3.05, 3.63) is 34.9 Å². The Morgan fingerprint density at radius 2 is 1.93 bits per heavy atom. The van der Waals surface area contributed by atoms with Crippen LogP contribution in [0.25, 0.3) is 0 Å². The molecule has 0 spiro atoms. The minimum atomic E-state index is -0.710. The second-order valence-corrected chi connectivity index (χ2v) is 4.63. The van der Waals surface area contributed by atoms with Crippen molar-refractivity contribution in [3.63, 3.8) is 0 Å². The molecule has 1 saturated heterocycles. The summed E-state index contributed by atoms with van der Waals surface area (Å²) in [5, 5.41) is 3.35. The smallest absolute Gasteiger partial charge is 0.159 e. The number of piperidine rings is 1. The van der Waals surface area contributed by atoms with Crippen molar-refractivity contribution in [2.75, 3.05) is 13.1 Å². The molecule has 1 N–H and O–H groups in total. The molecule has 1 aromatic rings. The Kier molecular flexibility index (Phi) is 2.02. The molecule has 2 aliphatic rings. The molecule has 1 aliphatic carbocycles. The van der Waals surface area contributed by atoms with Crippen LogP contribution in [0.2, 0.25) is 0 Å². The van der Waals surface area contributed by atoms with Crippen LogP contribution in [0.1, 0.15) is 23.5 Å². The lowest BCUT2D eigenvalue weighted by Crippen LogP contribution is -2.39. The lowest BCUT2D eigenvalue weighted by molar-refractivity contribution is 0.315. The summed E-state index contributed by atoms with van der Waals surface area (Å²) >= 11 is 0. The summed E-state index contributed by atoms with van der Waals surface area (Å²) in [6, 6.07) is 2.77. The number of benzene rings is 1. The van der Waals surface area contributed by atoms with Crippen LogP contribution >= 0.6 is 0 Å². The third kappa shape index (κ3) is 1.46. The largest absolute Gasteiger partial charge is 0.316 e. The summed E-state index contributed by atoms with van der Waals surface area (Å²) < 4.78 is 26.2. The van der Waals surface area contributed by atoms with Gasteiger partial charge in [-0.15, -0.1) is 0 Å². The fourth-order valence-corrected chi connectivity index (χ4v) is 2.89. The molecule has 2 atom stereocenters. The van der Waals surface area contributed by atoms with Crippen LogP contribution in [0.15, 0.2) is 12.1 Å². The van der Waals surface area contributed by atoms with E-state index in [9.17, 15) is 8.78 Å². The molecule has 0 saturated carbocycles. The molecule has 0 radical (unpaired) electrons. The second kappa shape index (κ2) is 3.27. The van der Waals surface area contributed by atoms with Crippen LogP contribution in [0.5, 0.6) is 0 Å². The van der Waals surface area contributed by atoms with Gasteiger partial charge in [0, 0.05) is 6.54 Å². The van der Waals surface area contributed by atoms with Crippen molar-refractivity contribution in [2.45, 2.75) is 18.8 Å². The molecule has 1 fully saturated rings. The highest BCUT2D eigenvalue weighted by molar-refractivity contribution is 5.35. The van der Waals surface area contributed by atoms with Gasteiger partial charge in [-0.1, -0.05) is 0 Å². The predicted octanol–water partition coefficient (Wildman–Crippen LogP) is 2.21. The SMILES string of the molecule is Fc1cc2c(cc1F)C1CNCC(C2)C1. The lowest BCUT2D eigenvalue weighted by atomic mass is 9.74. The molecule has 3 heteroatoms. The summed E-state index contributed by atoms with van der Waals surface area (Å²) in [6.45, 7) is 1.91. The standard InChI is InChI=1S/C12H13F2N/c13-11-3-8-1-7-2-9(6-15-5-7)10(8)4-12(11)14/h3-4,7,9,15H,1-2,5-6H2. The Morgan fingerprint density at radius 1 is 1.13 bits per heavy atom. The van der Waals surface area contributed by atoms with E-state index < -0.39 is 11.6 Å². The van der Waals surface area contributed by atoms with Gasteiger partial charge in [0.2, 0.25) is 0 Å². The Bertz CT molecular complexity index is 403. The second-order valence-electron chi connectivity index (χ2n) is 4.63. The number of hydrogen-bond acceptors (Lipinski definition) is 1. The maximum Gasteiger partial charge on any atom is 0.159 e. The van der Waals surface area contributed by atoms with Crippen molar-refractivity contribution in [3.8, 4) is 0 Å². The fourth-order valence-electron chi connectivity index (χ4n) is 2.89. The zero-order valence-electron chi connectivity index (χ0n) is 8.39. The zero-order valence-corrected chi connectivity index (χ0v) is 8.39. The summed E-state index contributed by atoms with van der Waals surface area (Å²) in [6.07, 6.45) is 2.00. The number of hydrogen-bond donors (Lipinski definition) is 1. The minimum absolute atomic E-state index is 0.377. The van der Waals surface area contributed by atoms with Gasteiger partial charge in [-0.3, -0.25) is 0 Å². The molecule has 0 amide bonds. The van der Waals surface area contributed by atoms with E-state index in [1.807, 2.05) is 0 Å². The van der Waals surface area contributed by atoms with E-state index in [2.05, 4.69) is 5.32 Å². The maximum atomic E-state index is 13.1. The summed E-state index contributed by atoms with van der Waals surface area (Å²) in [4.78, 5) is 0. The van der Waals surface area contributed by atoms with Crippen molar-refractivity contribution in [2.24, 2.45) is 5.92 Å². The monoisotopic (exact) mass is 209 g/mol. The number of halogens is 2. The average Bonchev–Trinajstić information content (AvgIpc) is 2.22. The third-order valence-electron chi connectivity index (χ3n) is 3.57. The van der Waals surface area contributed by atoms with Gasteiger partial charge < -0.3 is 5.32 Å². The first-order valence-corrected chi connectivity index (χ1v) is 5.42. The summed E-state index contributed by atoms with van der Waals surface area (Å²) in [7, 11) is 0. The quantitative estimate of drug-likeness (QED) is 0.690. The average molecular weight is 209 g/mol. The molecule has 1 heterocycles. The first-order chi connectivity index (χ1) is 7.24. The molecule has 2 unspecified atom stereocenters. The van der Waals surface area contributed by atoms with Crippen LogP contribution in [-0.2, 0) is 6.42 Å². The Hall–Kier alpha value is -0.960. The Labute approximate surface area is 87.5 Å². The molecular formula is C12H13F2N. The van der Waals surface area contributed by atoms with Gasteiger partial charge in [0.15, 0.2) is 11.6 Å².